The van der Waals surface area contributed by atoms with Crippen molar-refractivity contribution in [2.45, 2.75) is 52.0 Å². The van der Waals surface area contributed by atoms with Crippen LogP contribution in [0.25, 0.3) is 5.57 Å². The van der Waals surface area contributed by atoms with Gasteiger partial charge < -0.3 is 9.31 Å². The Morgan fingerprint density at radius 1 is 1.13 bits per heavy atom. The lowest BCUT2D eigenvalue weighted by Gasteiger charge is -2.32. The molecular weight excluding hydrogens is 327 g/mol. The zero-order valence-electron chi connectivity index (χ0n) is 13.7. The summed E-state index contributed by atoms with van der Waals surface area (Å²) in [6, 6.07) is 3.74. The largest absolute Gasteiger partial charge is 0.487 e. The molecule has 1 aromatic carbocycles. The Hall–Kier alpha value is -0.975. The first-order valence-corrected chi connectivity index (χ1v) is 7.63. The van der Waals surface area contributed by atoms with Crippen molar-refractivity contribution in [1.82, 2.24) is 0 Å². The lowest BCUT2D eigenvalue weighted by molar-refractivity contribution is -0.137. The Morgan fingerprint density at radius 3 is 2.13 bits per heavy atom. The van der Waals surface area contributed by atoms with Crippen molar-refractivity contribution in [3.63, 3.8) is 0 Å². The van der Waals surface area contributed by atoms with E-state index >= 15 is 0 Å². The van der Waals surface area contributed by atoms with E-state index in [2.05, 4.69) is 0 Å². The zero-order valence-corrected chi connectivity index (χ0v) is 14.5. The summed E-state index contributed by atoms with van der Waals surface area (Å²) >= 11 is 6.01. The first kappa shape index (κ1) is 18.4. The van der Waals surface area contributed by atoms with Crippen molar-refractivity contribution < 1.29 is 22.5 Å². The van der Waals surface area contributed by atoms with Crippen LogP contribution in [-0.2, 0) is 15.5 Å². The van der Waals surface area contributed by atoms with E-state index in [4.69, 9.17) is 20.9 Å². The molecule has 0 amide bonds. The molecule has 0 atom stereocenters. The Balaban J connectivity index is 2.41. The maximum absolute atomic E-state index is 13.2. The fraction of sp³-hybridized carbons (Fsp3) is 0.500. The highest BCUT2D eigenvalue weighted by Gasteiger charge is 2.50. The molecule has 0 unspecified atom stereocenters. The first-order chi connectivity index (χ1) is 10.3. The van der Waals surface area contributed by atoms with Crippen molar-refractivity contribution in [2.75, 3.05) is 0 Å². The second-order valence-corrected chi connectivity index (χ2v) is 7.04. The summed E-state index contributed by atoms with van der Waals surface area (Å²) < 4.78 is 51.2. The van der Waals surface area contributed by atoms with Gasteiger partial charge in [0.15, 0.2) is 0 Å². The van der Waals surface area contributed by atoms with Crippen molar-refractivity contribution >= 4 is 24.3 Å². The van der Waals surface area contributed by atoms with Gasteiger partial charge in [0.05, 0.1) is 16.8 Å². The molecule has 1 aromatic rings. The third-order valence-electron chi connectivity index (χ3n) is 4.37. The van der Waals surface area contributed by atoms with Gasteiger partial charge in [-0.3, -0.25) is 0 Å². The molecule has 1 saturated heterocycles. The van der Waals surface area contributed by atoms with Gasteiger partial charge in [0.1, 0.15) is 0 Å². The topological polar surface area (TPSA) is 18.5 Å². The van der Waals surface area contributed by atoms with Crippen molar-refractivity contribution in [3.8, 4) is 0 Å². The summed E-state index contributed by atoms with van der Waals surface area (Å²) in [6.45, 7) is 9.10. The molecule has 2 rings (SSSR count). The Labute approximate surface area is 139 Å². The highest BCUT2D eigenvalue weighted by Crippen LogP contribution is 2.40. The van der Waals surface area contributed by atoms with Crippen LogP contribution in [0.5, 0.6) is 0 Å². The molecule has 1 aliphatic rings. The van der Waals surface area contributed by atoms with Crippen LogP contribution >= 0.6 is 11.6 Å². The predicted octanol–water partition coefficient (Wildman–Crippen LogP) is 5.39. The monoisotopic (exact) mass is 346 g/mol. The summed E-state index contributed by atoms with van der Waals surface area (Å²) in [7, 11) is -0.725. The molecule has 126 valence electrons. The quantitative estimate of drug-likeness (QED) is 0.668. The van der Waals surface area contributed by atoms with Crippen LogP contribution in [0, 0.1) is 0 Å². The van der Waals surface area contributed by atoms with Gasteiger partial charge in [-0.25, -0.2) is 0 Å². The molecule has 7 heteroatoms. The molecule has 1 fully saturated rings. The highest BCUT2D eigenvalue weighted by atomic mass is 35.5. The van der Waals surface area contributed by atoms with E-state index in [1.54, 1.807) is 6.92 Å². The average molecular weight is 347 g/mol. The van der Waals surface area contributed by atoms with Crippen molar-refractivity contribution in [3.05, 3.63) is 40.3 Å². The van der Waals surface area contributed by atoms with Crippen LogP contribution in [-0.4, -0.2) is 18.3 Å². The fourth-order valence-electron chi connectivity index (χ4n) is 2.41. The normalized spacial score (nSPS) is 20.9. The fourth-order valence-corrected chi connectivity index (χ4v) is 2.73. The number of rotatable bonds is 2. The maximum Gasteiger partial charge on any atom is 0.487 e. The predicted molar refractivity (Wildman–Crippen MR) is 86.2 cm³/mol. The molecule has 23 heavy (non-hydrogen) atoms. The minimum Gasteiger partial charge on any atom is -0.400 e. The van der Waals surface area contributed by atoms with Crippen molar-refractivity contribution in [1.29, 1.82) is 0 Å². The number of halogens is 4. The van der Waals surface area contributed by atoms with E-state index < -0.39 is 30.1 Å². The van der Waals surface area contributed by atoms with Crippen molar-refractivity contribution in [2.24, 2.45) is 0 Å². The number of hydrogen-bond donors (Lipinski definition) is 0. The Bertz CT molecular complexity index is 623. The second kappa shape index (κ2) is 5.83. The molecule has 0 N–H and O–H groups in total. The molecule has 1 aliphatic heterocycles. The van der Waals surface area contributed by atoms with Gasteiger partial charge in [-0.1, -0.05) is 23.6 Å². The molecule has 0 radical (unpaired) electrons. The summed E-state index contributed by atoms with van der Waals surface area (Å²) in [5.41, 5.74) is -1.56. The number of hydrogen-bond acceptors (Lipinski definition) is 2. The summed E-state index contributed by atoms with van der Waals surface area (Å²) in [4.78, 5) is 0. The van der Waals surface area contributed by atoms with Gasteiger partial charge in [-0.05, 0) is 52.3 Å². The molecule has 0 spiro atoms. The lowest BCUT2D eigenvalue weighted by atomic mass is 9.84. The van der Waals surface area contributed by atoms with Crippen LogP contribution in [0.1, 0.15) is 45.7 Å². The Morgan fingerprint density at radius 2 is 1.65 bits per heavy atom. The van der Waals surface area contributed by atoms with E-state index in [-0.39, 0.29) is 10.6 Å². The van der Waals surface area contributed by atoms with Gasteiger partial charge >= 0.3 is 13.3 Å². The first-order valence-electron chi connectivity index (χ1n) is 7.25. The van der Waals surface area contributed by atoms with Gasteiger partial charge in [0, 0.05) is 10.6 Å². The average Bonchev–Trinajstić information content (AvgIpc) is 2.55. The third-order valence-corrected chi connectivity index (χ3v) is 4.69. The van der Waals surface area contributed by atoms with Crippen LogP contribution in [0.15, 0.2) is 24.2 Å². The van der Waals surface area contributed by atoms with Gasteiger partial charge in [0.25, 0.3) is 0 Å². The van der Waals surface area contributed by atoms with Gasteiger partial charge in [0.2, 0.25) is 0 Å². The van der Waals surface area contributed by atoms with Crippen LogP contribution in [0.2, 0.25) is 5.02 Å². The van der Waals surface area contributed by atoms with E-state index in [9.17, 15) is 13.2 Å². The molecular formula is C16H19BClF3O2. The molecule has 0 aromatic heterocycles. The lowest BCUT2D eigenvalue weighted by Crippen LogP contribution is -2.41. The van der Waals surface area contributed by atoms with E-state index in [0.717, 1.165) is 6.07 Å². The van der Waals surface area contributed by atoms with E-state index in [0.29, 0.717) is 5.57 Å². The maximum atomic E-state index is 13.2. The summed E-state index contributed by atoms with van der Waals surface area (Å²) in [6.07, 6.45) is -4.48. The number of allylic oxidation sites excluding steroid dienone is 1. The number of benzene rings is 1. The number of alkyl halides is 3. The third kappa shape index (κ3) is 3.59. The smallest absolute Gasteiger partial charge is 0.400 e. The standard InChI is InChI=1S/C16H19BClF3O2/c1-10(9-17-22-14(2,3)15(4,5)23-17)13-11(16(19,20)21)7-6-8-12(13)18/h6-9H,1-5H3/b10-9+. The molecule has 0 saturated carbocycles. The van der Waals surface area contributed by atoms with Gasteiger partial charge in [-0.15, -0.1) is 0 Å². The minimum atomic E-state index is -4.48. The van der Waals surface area contributed by atoms with Crippen LogP contribution in [0.3, 0.4) is 0 Å². The van der Waals surface area contributed by atoms with Crippen LogP contribution in [0.4, 0.5) is 13.2 Å². The zero-order chi connectivity index (χ0) is 17.6. The highest BCUT2D eigenvalue weighted by molar-refractivity contribution is 6.53. The molecule has 1 heterocycles. The Kier molecular flexibility index (Phi) is 4.66. The molecule has 0 bridgehead atoms. The SMILES string of the molecule is C/C(=C\B1OC(C)(C)C(C)(C)O1)c1c(Cl)cccc1C(F)(F)F. The van der Waals surface area contributed by atoms with Crippen LogP contribution < -0.4 is 0 Å². The van der Waals surface area contributed by atoms with E-state index in [1.807, 2.05) is 27.7 Å². The van der Waals surface area contributed by atoms with Gasteiger partial charge in [-0.2, -0.15) is 13.2 Å². The second-order valence-electron chi connectivity index (χ2n) is 6.63. The van der Waals surface area contributed by atoms with E-state index in [1.165, 1.54) is 18.1 Å². The summed E-state index contributed by atoms with van der Waals surface area (Å²) in [5.74, 6) is 1.53. The minimum absolute atomic E-state index is 0.0450. The molecule has 2 nitrogen and oxygen atoms in total. The molecule has 0 aliphatic carbocycles. The summed E-state index contributed by atoms with van der Waals surface area (Å²) in [5, 5.41) is 0.0464.